The highest BCUT2D eigenvalue weighted by Crippen LogP contribution is 2.58. The number of phenols is 1. The van der Waals surface area contributed by atoms with Crippen molar-refractivity contribution in [3.05, 3.63) is 102 Å². The molecule has 0 bridgehead atoms. The Bertz CT molecular complexity index is 1040. The first-order chi connectivity index (χ1) is 15.1. The molecule has 3 aromatic carbocycles. The second-order valence-corrected chi connectivity index (χ2v) is 9.42. The van der Waals surface area contributed by atoms with E-state index in [1.807, 2.05) is 83.1 Å². The molecular weight excluding hydrogens is 396 g/mol. The zero-order chi connectivity index (χ0) is 23.6. The monoisotopic (exact) mass is 428 g/mol. The number of benzene rings is 3. The number of phenolic OH excluding ortho intramolecular Hbond substituents is 1. The first kappa shape index (κ1) is 23.5. The van der Waals surface area contributed by atoms with Crippen LogP contribution in [0.5, 0.6) is 5.75 Å². The topological polar surface area (TPSA) is 54.4 Å². The van der Waals surface area contributed by atoms with Crippen molar-refractivity contribution in [1.29, 1.82) is 0 Å². The molecule has 166 valence electrons. The molecule has 1 N–H and O–H groups in total. The number of hydrogen-bond acceptors (Lipinski definition) is 3. The molecule has 0 fully saturated rings. The number of carbonyl (C=O) groups is 2. The number of ketones is 2. The van der Waals surface area contributed by atoms with Crippen molar-refractivity contribution in [2.75, 3.05) is 0 Å². The Morgan fingerprint density at radius 1 is 0.688 bits per heavy atom. The van der Waals surface area contributed by atoms with Gasteiger partial charge in [0.2, 0.25) is 0 Å². The number of Topliss-reactive ketones (excluding diaryl/α,β-unsaturated/α-hetero) is 2. The van der Waals surface area contributed by atoms with Gasteiger partial charge < -0.3 is 5.11 Å². The van der Waals surface area contributed by atoms with Gasteiger partial charge in [0, 0.05) is 16.7 Å². The number of para-hydroxylation sites is 1. The molecule has 0 amide bonds. The molecular formula is C29H32O3. The average molecular weight is 429 g/mol. The van der Waals surface area contributed by atoms with Gasteiger partial charge in [-0.05, 0) is 23.3 Å². The second-order valence-electron chi connectivity index (χ2n) is 9.42. The first-order valence-corrected chi connectivity index (χ1v) is 11.1. The summed E-state index contributed by atoms with van der Waals surface area (Å²) < 4.78 is 0. The highest BCUT2D eigenvalue weighted by Gasteiger charge is 2.61. The van der Waals surface area contributed by atoms with Crippen molar-refractivity contribution < 1.29 is 14.7 Å². The van der Waals surface area contributed by atoms with Gasteiger partial charge in [-0.15, -0.1) is 0 Å². The van der Waals surface area contributed by atoms with Gasteiger partial charge in [0.05, 0.1) is 0 Å². The van der Waals surface area contributed by atoms with E-state index in [0.717, 1.165) is 0 Å². The standard InChI is InChI=1S/C29H32O3/c1-6-29(25(31)21-15-9-7-10-16-21,26(32)22-17-11-8-12-18-22)28(4,5)27(2,3)23-19-13-14-20-24(23)30/h7-20,30H,6H2,1-5H3. The van der Waals surface area contributed by atoms with Crippen molar-refractivity contribution in [2.24, 2.45) is 10.8 Å². The van der Waals surface area contributed by atoms with E-state index in [-0.39, 0.29) is 17.3 Å². The fourth-order valence-corrected chi connectivity index (χ4v) is 4.98. The summed E-state index contributed by atoms with van der Waals surface area (Å²) in [6, 6.07) is 25.3. The molecule has 3 aromatic rings. The van der Waals surface area contributed by atoms with E-state index in [0.29, 0.717) is 23.1 Å². The third-order valence-electron chi connectivity index (χ3n) is 7.58. The van der Waals surface area contributed by atoms with Gasteiger partial charge in [0.25, 0.3) is 0 Å². The Morgan fingerprint density at radius 2 is 1.09 bits per heavy atom. The van der Waals surface area contributed by atoms with E-state index in [4.69, 9.17) is 0 Å². The smallest absolute Gasteiger partial charge is 0.177 e. The average Bonchev–Trinajstić information content (AvgIpc) is 2.80. The largest absolute Gasteiger partial charge is 0.508 e. The highest BCUT2D eigenvalue weighted by molar-refractivity contribution is 6.20. The summed E-state index contributed by atoms with van der Waals surface area (Å²) in [7, 11) is 0. The lowest BCUT2D eigenvalue weighted by Crippen LogP contribution is -2.58. The van der Waals surface area contributed by atoms with Gasteiger partial charge >= 0.3 is 0 Å². The molecule has 32 heavy (non-hydrogen) atoms. The lowest BCUT2D eigenvalue weighted by molar-refractivity contribution is 0.0106. The zero-order valence-corrected chi connectivity index (χ0v) is 19.6. The summed E-state index contributed by atoms with van der Waals surface area (Å²) in [6.45, 7) is 9.87. The van der Waals surface area contributed by atoms with Crippen molar-refractivity contribution >= 4 is 11.6 Å². The molecule has 0 aromatic heterocycles. The fourth-order valence-electron chi connectivity index (χ4n) is 4.98. The van der Waals surface area contributed by atoms with Gasteiger partial charge in [-0.25, -0.2) is 0 Å². The van der Waals surface area contributed by atoms with Crippen LogP contribution < -0.4 is 0 Å². The van der Waals surface area contributed by atoms with Crippen LogP contribution in [0.3, 0.4) is 0 Å². The molecule has 3 rings (SSSR count). The quantitative estimate of drug-likeness (QED) is 0.315. The summed E-state index contributed by atoms with van der Waals surface area (Å²) >= 11 is 0. The number of hydrogen-bond donors (Lipinski definition) is 1. The molecule has 0 aliphatic heterocycles. The Morgan fingerprint density at radius 3 is 1.50 bits per heavy atom. The Hall–Kier alpha value is -3.20. The minimum absolute atomic E-state index is 0.162. The second kappa shape index (κ2) is 8.74. The minimum atomic E-state index is -1.35. The Balaban J connectivity index is 2.31. The molecule has 0 aliphatic carbocycles. The van der Waals surface area contributed by atoms with Crippen LogP contribution in [0.25, 0.3) is 0 Å². The third kappa shape index (κ3) is 3.56. The highest BCUT2D eigenvalue weighted by atomic mass is 16.3. The van der Waals surface area contributed by atoms with Crippen LogP contribution in [0, 0.1) is 10.8 Å². The fraction of sp³-hybridized carbons (Fsp3) is 0.310. The number of carbonyl (C=O) groups excluding carboxylic acids is 2. The van der Waals surface area contributed by atoms with E-state index >= 15 is 0 Å². The van der Waals surface area contributed by atoms with Gasteiger partial charge in [-0.1, -0.05) is 113 Å². The third-order valence-corrected chi connectivity index (χ3v) is 7.58. The van der Waals surface area contributed by atoms with E-state index in [2.05, 4.69) is 0 Å². The maximum atomic E-state index is 14.2. The summed E-state index contributed by atoms with van der Waals surface area (Å²) in [6.07, 6.45) is 0.332. The van der Waals surface area contributed by atoms with Crippen LogP contribution in [-0.4, -0.2) is 16.7 Å². The number of aromatic hydroxyl groups is 1. The van der Waals surface area contributed by atoms with E-state index in [1.54, 1.807) is 36.4 Å². The Labute approximate surface area is 191 Å². The molecule has 0 unspecified atom stereocenters. The van der Waals surface area contributed by atoms with Crippen LogP contribution in [-0.2, 0) is 5.41 Å². The molecule has 0 atom stereocenters. The van der Waals surface area contributed by atoms with Gasteiger partial charge in [0.1, 0.15) is 11.2 Å². The van der Waals surface area contributed by atoms with Crippen LogP contribution in [0.15, 0.2) is 84.9 Å². The molecule has 0 heterocycles. The van der Waals surface area contributed by atoms with Crippen LogP contribution >= 0.6 is 0 Å². The van der Waals surface area contributed by atoms with Crippen molar-refractivity contribution in [3.8, 4) is 5.75 Å². The predicted molar refractivity (Wildman–Crippen MR) is 129 cm³/mol. The van der Waals surface area contributed by atoms with Crippen LogP contribution in [0.1, 0.15) is 67.3 Å². The summed E-state index contributed by atoms with van der Waals surface area (Å²) in [5, 5.41) is 10.7. The molecule has 0 aliphatic rings. The lowest BCUT2D eigenvalue weighted by Gasteiger charge is -2.53. The summed E-state index contributed by atoms with van der Waals surface area (Å²) in [5.41, 5.74) is -1.16. The molecule has 3 nitrogen and oxygen atoms in total. The van der Waals surface area contributed by atoms with Crippen LogP contribution in [0.4, 0.5) is 0 Å². The van der Waals surface area contributed by atoms with Gasteiger partial charge in [-0.3, -0.25) is 9.59 Å². The zero-order valence-electron chi connectivity index (χ0n) is 19.6. The van der Waals surface area contributed by atoms with Crippen molar-refractivity contribution in [1.82, 2.24) is 0 Å². The minimum Gasteiger partial charge on any atom is -0.508 e. The summed E-state index contributed by atoms with van der Waals surface area (Å²) in [5.74, 6) is -0.221. The SMILES string of the molecule is CCC(C(=O)c1ccccc1)(C(=O)c1ccccc1)C(C)(C)C(C)(C)c1ccccc1O. The van der Waals surface area contributed by atoms with Gasteiger partial charge in [-0.2, -0.15) is 0 Å². The van der Waals surface area contributed by atoms with Crippen LogP contribution in [0.2, 0.25) is 0 Å². The molecule has 0 spiro atoms. The maximum Gasteiger partial charge on any atom is 0.177 e. The van der Waals surface area contributed by atoms with E-state index in [9.17, 15) is 14.7 Å². The molecule has 0 saturated carbocycles. The predicted octanol–water partition coefficient (Wildman–Crippen LogP) is 6.86. The number of rotatable bonds is 8. The van der Waals surface area contributed by atoms with Crippen molar-refractivity contribution in [2.45, 2.75) is 46.5 Å². The normalized spacial score (nSPS) is 12.4. The van der Waals surface area contributed by atoms with E-state index < -0.39 is 16.2 Å². The first-order valence-electron chi connectivity index (χ1n) is 11.1. The molecule has 3 heteroatoms. The van der Waals surface area contributed by atoms with E-state index in [1.165, 1.54) is 0 Å². The molecule has 0 saturated heterocycles. The van der Waals surface area contributed by atoms with Gasteiger partial charge in [0.15, 0.2) is 11.6 Å². The Kier molecular flexibility index (Phi) is 6.41. The lowest BCUT2D eigenvalue weighted by atomic mass is 9.47. The molecule has 0 radical (unpaired) electrons. The summed E-state index contributed by atoms with van der Waals surface area (Å²) in [4.78, 5) is 28.5. The van der Waals surface area contributed by atoms with Crippen molar-refractivity contribution in [3.63, 3.8) is 0 Å². The maximum absolute atomic E-state index is 14.2.